The molecule has 0 aliphatic carbocycles. The van der Waals surface area contributed by atoms with Crippen molar-refractivity contribution in [3.8, 4) is 0 Å². The van der Waals surface area contributed by atoms with Crippen molar-refractivity contribution in [2.24, 2.45) is 0 Å². The maximum absolute atomic E-state index is 12.1. The lowest BCUT2D eigenvalue weighted by Crippen LogP contribution is -2.22. The zero-order chi connectivity index (χ0) is 14.0. The van der Waals surface area contributed by atoms with E-state index >= 15 is 0 Å². The molecule has 19 heavy (non-hydrogen) atoms. The average Bonchev–Trinajstić information content (AvgIpc) is 2.64. The molecule has 0 saturated heterocycles. The number of nitrogen functional groups attached to an aromatic ring is 1. The molecule has 3 N–H and O–H groups in total. The summed E-state index contributed by atoms with van der Waals surface area (Å²) in [6.07, 6.45) is 0. The lowest BCUT2D eigenvalue weighted by Gasteiger charge is -2.06. The van der Waals surface area contributed by atoms with E-state index in [9.17, 15) is 4.79 Å². The number of hydrogen-bond acceptors (Lipinski definition) is 3. The monoisotopic (exact) mass is 274 g/mol. The van der Waals surface area contributed by atoms with Crippen LogP contribution in [0, 0.1) is 20.8 Å². The Bertz CT molecular complexity index is 577. The molecule has 2 aromatic rings. The summed E-state index contributed by atoms with van der Waals surface area (Å²) in [6, 6.07) is 7.51. The normalized spacial score (nSPS) is 10.5. The van der Waals surface area contributed by atoms with Gasteiger partial charge in [0.05, 0.1) is 6.54 Å². The number of aryl methyl sites for hydroxylation is 3. The highest BCUT2D eigenvalue weighted by molar-refractivity contribution is 7.12. The van der Waals surface area contributed by atoms with Crippen LogP contribution in [0.15, 0.2) is 24.3 Å². The van der Waals surface area contributed by atoms with Crippen LogP contribution in [0.2, 0.25) is 0 Å². The molecule has 1 aromatic carbocycles. The van der Waals surface area contributed by atoms with Crippen LogP contribution in [0.25, 0.3) is 0 Å². The Labute approximate surface area is 117 Å². The average molecular weight is 274 g/mol. The number of nitrogens with two attached hydrogens (primary N) is 1. The second-order valence-corrected chi connectivity index (χ2v) is 6.11. The van der Waals surface area contributed by atoms with Gasteiger partial charge in [0.25, 0.3) is 5.91 Å². The third kappa shape index (κ3) is 3.35. The van der Waals surface area contributed by atoms with Crippen LogP contribution in [-0.4, -0.2) is 5.91 Å². The lowest BCUT2D eigenvalue weighted by atomic mass is 10.1. The number of thiophene rings is 1. The topological polar surface area (TPSA) is 55.1 Å². The van der Waals surface area contributed by atoms with E-state index in [1.807, 2.05) is 19.1 Å². The van der Waals surface area contributed by atoms with Crippen LogP contribution in [0.4, 0.5) is 5.69 Å². The van der Waals surface area contributed by atoms with E-state index in [1.54, 1.807) is 17.4 Å². The van der Waals surface area contributed by atoms with Crippen LogP contribution in [0.1, 0.15) is 31.2 Å². The second-order valence-electron chi connectivity index (χ2n) is 4.77. The van der Waals surface area contributed by atoms with Crippen molar-refractivity contribution in [3.63, 3.8) is 0 Å². The van der Waals surface area contributed by atoms with E-state index in [0.29, 0.717) is 17.8 Å². The summed E-state index contributed by atoms with van der Waals surface area (Å²) in [4.78, 5) is 14.5. The number of benzene rings is 1. The van der Waals surface area contributed by atoms with Gasteiger partial charge in [-0.25, -0.2) is 0 Å². The molecule has 2 rings (SSSR count). The third-order valence-corrected chi connectivity index (χ3v) is 4.15. The van der Waals surface area contributed by atoms with E-state index in [1.165, 1.54) is 15.3 Å². The van der Waals surface area contributed by atoms with Gasteiger partial charge >= 0.3 is 0 Å². The van der Waals surface area contributed by atoms with Crippen molar-refractivity contribution < 1.29 is 4.79 Å². The summed E-state index contributed by atoms with van der Waals surface area (Å²) in [5.41, 5.74) is 9.25. The van der Waals surface area contributed by atoms with Gasteiger partial charge in [-0.3, -0.25) is 4.79 Å². The molecule has 1 heterocycles. The van der Waals surface area contributed by atoms with E-state index in [2.05, 4.69) is 25.2 Å². The molecule has 0 fully saturated rings. The fraction of sp³-hybridized carbons (Fsp3) is 0.267. The molecule has 3 nitrogen and oxygen atoms in total. The number of hydrogen-bond donors (Lipinski definition) is 2. The van der Waals surface area contributed by atoms with Crippen LogP contribution in [-0.2, 0) is 6.54 Å². The van der Waals surface area contributed by atoms with Gasteiger partial charge in [0, 0.05) is 21.0 Å². The first kappa shape index (κ1) is 13.6. The minimum Gasteiger partial charge on any atom is -0.399 e. The summed E-state index contributed by atoms with van der Waals surface area (Å²) in [7, 11) is 0. The molecule has 0 radical (unpaired) electrons. The van der Waals surface area contributed by atoms with Crippen LogP contribution in [0.3, 0.4) is 0 Å². The first-order valence-electron chi connectivity index (χ1n) is 6.17. The number of carbonyl (C=O) groups excluding carboxylic acids is 1. The quantitative estimate of drug-likeness (QED) is 0.845. The zero-order valence-electron chi connectivity index (χ0n) is 11.4. The molecule has 1 amide bonds. The van der Waals surface area contributed by atoms with Crippen molar-refractivity contribution in [2.75, 3.05) is 5.73 Å². The zero-order valence-corrected chi connectivity index (χ0v) is 12.2. The first-order chi connectivity index (χ1) is 8.95. The summed E-state index contributed by atoms with van der Waals surface area (Å²) < 4.78 is 0. The second kappa shape index (κ2) is 5.45. The number of rotatable bonds is 3. The molecule has 0 aliphatic heterocycles. The fourth-order valence-corrected chi connectivity index (χ4v) is 2.94. The Hall–Kier alpha value is -1.81. The van der Waals surface area contributed by atoms with E-state index < -0.39 is 0 Å². The maximum Gasteiger partial charge on any atom is 0.251 e. The summed E-state index contributed by atoms with van der Waals surface area (Å²) in [5.74, 6) is -0.0842. The minimum atomic E-state index is -0.0842. The fourth-order valence-electron chi connectivity index (χ4n) is 1.95. The van der Waals surface area contributed by atoms with Gasteiger partial charge in [-0.05, 0) is 56.2 Å². The molecule has 0 aliphatic rings. The van der Waals surface area contributed by atoms with Crippen molar-refractivity contribution in [1.82, 2.24) is 5.32 Å². The molecule has 0 unspecified atom stereocenters. The first-order valence-corrected chi connectivity index (χ1v) is 6.98. The van der Waals surface area contributed by atoms with Crippen molar-refractivity contribution in [3.05, 3.63) is 50.7 Å². The highest BCUT2D eigenvalue weighted by atomic mass is 32.1. The smallest absolute Gasteiger partial charge is 0.251 e. The number of nitrogens with one attached hydrogen (secondary N) is 1. The van der Waals surface area contributed by atoms with Gasteiger partial charge < -0.3 is 11.1 Å². The molecule has 0 spiro atoms. The van der Waals surface area contributed by atoms with Gasteiger partial charge in [0.15, 0.2) is 0 Å². The predicted molar refractivity (Wildman–Crippen MR) is 80.6 cm³/mol. The van der Waals surface area contributed by atoms with E-state index in [-0.39, 0.29) is 5.91 Å². The standard InChI is InChI=1S/C15H18N2OS/c1-9-4-12(7-13(16)5-9)15(18)17-8-14-6-10(2)11(3)19-14/h4-7H,8,16H2,1-3H3,(H,17,18). The Kier molecular flexibility index (Phi) is 3.90. The molecule has 100 valence electrons. The third-order valence-electron chi connectivity index (χ3n) is 3.00. The van der Waals surface area contributed by atoms with Crippen molar-refractivity contribution in [1.29, 1.82) is 0 Å². The number of anilines is 1. The molecule has 0 atom stereocenters. The Balaban J connectivity index is 2.05. The largest absolute Gasteiger partial charge is 0.399 e. The van der Waals surface area contributed by atoms with Gasteiger partial charge in [0.2, 0.25) is 0 Å². The Morgan fingerprint density at radius 2 is 1.95 bits per heavy atom. The van der Waals surface area contributed by atoms with E-state index in [0.717, 1.165) is 5.56 Å². The highest BCUT2D eigenvalue weighted by Crippen LogP contribution is 2.20. The van der Waals surface area contributed by atoms with Gasteiger partial charge in [0.1, 0.15) is 0 Å². The summed E-state index contributed by atoms with van der Waals surface area (Å²) in [6.45, 7) is 6.66. The number of amides is 1. The Morgan fingerprint density at radius 3 is 2.53 bits per heavy atom. The van der Waals surface area contributed by atoms with E-state index in [4.69, 9.17) is 5.73 Å². The summed E-state index contributed by atoms with van der Waals surface area (Å²) in [5, 5.41) is 2.93. The Morgan fingerprint density at radius 1 is 1.21 bits per heavy atom. The maximum atomic E-state index is 12.1. The minimum absolute atomic E-state index is 0.0842. The molecule has 1 aromatic heterocycles. The molecular weight excluding hydrogens is 256 g/mol. The van der Waals surface area contributed by atoms with Gasteiger partial charge in [-0.15, -0.1) is 11.3 Å². The molecular formula is C15H18N2OS. The summed E-state index contributed by atoms with van der Waals surface area (Å²) >= 11 is 1.72. The number of carbonyl (C=O) groups is 1. The van der Waals surface area contributed by atoms with Crippen LogP contribution < -0.4 is 11.1 Å². The van der Waals surface area contributed by atoms with Crippen LogP contribution >= 0.6 is 11.3 Å². The highest BCUT2D eigenvalue weighted by Gasteiger charge is 2.08. The molecule has 0 bridgehead atoms. The lowest BCUT2D eigenvalue weighted by molar-refractivity contribution is 0.0951. The molecule has 0 saturated carbocycles. The predicted octanol–water partition coefficient (Wildman–Crippen LogP) is 3.19. The SMILES string of the molecule is Cc1cc(N)cc(C(=O)NCc2cc(C)c(C)s2)c1. The van der Waals surface area contributed by atoms with Crippen LogP contribution in [0.5, 0.6) is 0 Å². The van der Waals surface area contributed by atoms with Crippen molar-refractivity contribution in [2.45, 2.75) is 27.3 Å². The van der Waals surface area contributed by atoms with Gasteiger partial charge in [-0.2, -0.15) is 0 Å². The molecule has 4 heteroatoms. The van der Waals surface area contributed by atoms with Crippen molar-refractivity contribution >= 4 is 22.9 Å². The van der Waals surface area contributed by atoms with Gasteiger partial charge in [-0.1, -0.05) is 0 Å².